The molecule has 1 heterocycles. The molecule has 0 saturated carbocycles. The molecular formula is C13H24ClN3O2. The lowest BCUT2D eigenvalue weighted by Gasteiger charge is -2.24. The summed E-state index contributed by atoms with van der Waals surface area (Å²) in [5.41, 5.74) is 0.832. The van der Waals surface area contributed by atoms with Crippen molar-refractivity contribution in [1.82, 2.24) is 15.1 Å². The molecule has 5 nitrogen and oxygen atoms in total. The highest BCUT2D eigenvalue weighted by molar-refractivity contribution is 6.31. The summed E-state index contributed by atoms with van der Waals surface area (Å²) in [5, 5.41) is 18.6. The Morgan fingerprint density at radius 1 is 1.53 bits per heavy atom. The van der Waals surface area contributed by atoms with Crippen LogP contribution in [0.4, 0.5) is 0 Å². The zero-order chi connectivity index (χ0) is 14.5. The largest absolute Gasteiger partial charge is 0.388 e. The molecule has 0 fully saturated rings. The van der Waals surface area contributed by atoms with Crippen LogP contribution in [0, 0.1) is 6.92 Å². The zero-order valence-corrected chi connectivity index (χ0v) is 12.9. The number of ether oxygens (including phenoxy) is 1. The van der Waals surface area contributed by atoms with Gasteiger partial charge in [-0.3, -0.25) is 4.68 Å². The summed E-state index contributed by atoms with van der Waals surface area (Å²) in [6, 6.07) is 0. The van der Waals surface area contributed by atoms with Crippen molar-refractivity contribution >= 4 is 11.6 Å². The van der Waals surface area contributed by atoms with E-state index in [1.165, 1.54) is 0 Å². The summed E-state index contributed by atoms with van der Waals surface area (Å²) >= 11 is 6.25. The molecule has 2 N–H and O–H groups in total. The maximum absolute atomic E-state index is 10.4. The maximum Gasteiger partial charge on any atom is 0.0848 e. The molecule has 1 aromatic heterocycles. The minimum atomic E-state index is -0.864. The normalized spacial score (nSPS) is 14.6. The molecule has 19 heavy (non-hydrogen) atoms. The molecule has 0 aliphatic heterocycles. The third-order valence-corrected chi connectivity index (χ3v) is 3.48. The first-order valence-corrected chi connectivity index (χ1v) is 6.93. The van der Waals surface area contributed by atoms with Crippen molar-refractivity contribution in [2.45, 2.75) is 39.3 Å². The highest BCUT2D eigenvalue weighted by Gasteiger charge is 2.25. The quantitative estimate of drug-likeness (QED) is 0.710. The molecule has 6 heteroatoms. The number of hydrogen-bond acceptors (Lipinski definition) is 4. The van der Waals surface area contributed by atoms with Crippen LogP contribution in [0.25, 0.3) is 0 Å². The average molecular weight is 290 g/mol. The van der Waals surface area contributed by atoms with Gasteiger partial charge in [-0.2, -0.15) is 5.10 Å². The summed E-state index contributed by atoms with van der Waals surface area (Å²) in [6.45, 7) is 8.26. The number of rotatable bonds is 8. The summed E-state index contributed by atoms with van der Waals surface area (Å²) in [6.07, 6.45) is 0.473. The second-order valence-electron chi connectivity index (χ2n) is 5.01. The maximum atomic E-state index is 10.4. The van der Waals surface area contributed by atoms with Gasteiger partial charge < -0.3 is 15.2 Å². The second kappa shape index (κ2) is 7.24. The summed E-state index contributed by atoms with van der Waals surface area (Å²) < 4.78 is 6.80. The third-order valence-electron chi connectivity index (χ3n) is 2.99. The van der Waals surface area contributed by atoms with Crippen LogP contribution in [0.15, 0.2) is 0 Å². The fourth-order valence-electron chi connectivity index (χ4n) is 1.99. The number of hydrogen-bond donors (Lipinski definition) is 2. The molecule has 0 saturated heterocycles. The lowest BCUT2D eigenvalue weighted by Crippen LogP contribution is -2.41. The molecule has 1 atom stereocenters. The van der Waals surface area contributed by atoms with E-state index in [1.807, 2.05) is 18.5 Å². The van der Waals surface area contributed by atoms with Crippen molar-refractivity contribution in [2.24, 2.45) is 0 Å². The van der Waals surface area contributed by atoms with Crippen molar-refractivity contribution in [3.63, 3.8) is 0 Å². The van der Waals surface area contributed by atoms with Gasteiger partial charge in [-0.1, -0.05) is 11.6 Å². The number of nitrogens with zero attached hydrogens (tertiary/aromatic N) is 2. The molecule has 110 valence electrons. The molecule has 1 aromatic rings. The first-order chi connectivity index (χ1) is 8.91. The first-order valence-electron chi connectivity index (χ1n) is 6.55. The topological polar surface area (TPSA) is 59.3 Å². The lowest BCUT2D eigenvalue weighted by atomic mass is 10.00. The van der Waals surface area contributed by atoms with Crippen LogP contribution in [0.2, 0.25) is 5.02 Å². The Balaban J connectivity index is 2.66. The Morgan fingerprint density at radius 3 is 2.79 bits per heavy atom. The summed E-state index contributed by atoms with van der Waals surface area (Å²) in [5.74, 6) is 0. The Hall–Kier alpha value is -0.620. The van der Waals surface area contributed by atoms with Gasteiger partial charge in [0.15, 0.2) is 0 Å². The Kier molecular flexibility index (Phi) is 6.26. The SMILES string of the molecule is CCn1nc(C)c(Cl)c1CC(C)(O)CNCCOC. The predicted octanol–water partition coefficient (Wildman–Crippen LogP) is 1.39. The molecule has 0 aliphatic carbocycles. The minimum Gasteiger partial charge on any atom is -0.388 e. The Morgan fingerprint density at radius 2 is 2.21 bits per heavy atom. The van der Waals surface area contributed by atoms with E-state index in [4.69, 9.17) is 16.3 Å². The second-order valence-corrected chi connectivity index (χ2v) is 5.38. The Bertz CT molecular complexity index is 405. The standard InChI is InChI=1S/C13H24ClN3O2/c1-5-17-11(12(14)10(2)16-17)8-13(3,18)9-15-6-7-19-4/h15,18H,5-9H2,1-4H3. The molecule has 0 aromatic carbocycles. The van der Waals surface area contributed by atoms with Crippen LogP contribution in [0.3, 0.4) is 0 Å². The predicted molar refractivity (Wildman–Crippen MR) is 76.7 cm³/mol. The molecule has 1 unspecified atom stereocenters. The fraction of sp³-hybridized carbons (Fsp3) is 0.769. The molecule has 0 radical (unpaired) electrons. The smallest absolute Gasteiger partial charge is 0.0848 e. The number of aryl methyl sites for hydroxylation is 2. The van der Waals surface area contributed by atoms with E-state index in [2.05, 4.69) is 10.4 Å². The summed E-state index contributed by atoms with van der Waals surface area (Å²) in [7, 11) is 1.65. The summed E-state index contributed by atoms with van der Waals surface area (Å²) in [4.78, 5) is 0. The van der Waals surface area contributed by atoms with E-state index in [-0.39, 0.29) is 0 Å². The molecule has 0 aliphatic rings. The number of nitrogens with one attached hydrogen (secondary N) is 1. The van der Waals surface area contributed by atoms with Crippen molar-refractivity contribution in [2.75, 3.05) is 26.8 Å². The van der Waals surface area contributed by atoms with Gasteiger partial charge in [0, 0.05) is 33.2 Å². The highest BCUT2D eigenvalue weighted by atomic mass is 35.5. The lowest BCUT2D eigenvalue weighted by molar-refractivity contribution is 0.0561. The van der Waals surface area contributed by atoms with Gasteiger partial charge in [-0.05, 0) is 20.8 Å². The molecular weight excluding hydrogens is 266 g/mol. The van der Waals surface area contributed by atoms with E-state index in [9.17, 15) is 5.11 Å². The van der Waals surface area contributed by atoms with Gasteiger partial charge in [-0.15, -0.1) is 0 Å². The van der Waals surface area contributed by atoms with Crippen LogP contribution in [0.5, 0.6) is 0 Å². The molecule has 1 rings (SSSR count). The van der Waals surface area contributed by atoms with Gasteiger partial charge in [0.25, 0.3) is 0 Å². The highest BCUT2D eigenvalue weighted by Crippen LogP contribution is 2.24. The van der Waals surface area contributed by atoms with Crippen LogP contribution in [-0.4, -0.2) is 47.3 Å². The minimum absolute atomic E-state index is 0.473. The van der Waals surface area contributed by atoms with Gasteiger partial charge in [-0.25, -0.2) is 0 Å². The molecule has 0 amide bonds. The van der Waals surface area contributed by atoms with E-state index >= 15 is 0 Å². The number of methoxy groups -OCH3 is 1. The van der Waals surface area contributed by atoms with Crippen LogP contribution in [0.1, 0.15) is 25.2 Å². The van der Waals surface area contributed by atoms with Crippen molar-refractivity contribution in [3.05, 3.63) is 16.4 Å². The van der Waals surface area contributed by atoms with Gasteiger partial charge in [0.05, 0.1) is 28.6 Å². The third kappa shape index (κ3) is 4.76. The van der Waals surface area contributed by atoms with E-state index in [0.29, 0.717) is 31.1 Å². The van der Waals surface area contributed by atoms with E-state index in [1.54, 1.807) is 14.0 Å². The first kappa shape index (κ1) is 16.4. The molecule has 0 spiro atoms. The number of aromatic nitrogens is 2. The van der Waals surface area contributed by atoms with Gasteiger partial charge in [0.2, 0.25) is 0 Å². The van der Waals surface area contributed by atoms with E-state index in [0.717, 1.165) is 17.9 Å². The fourth-order valence-corrected chi connectivity index (χ4v) is 2.20. The monoisotopic (exact) mass is 289 g/mol. The Labute approximate surface area is 119 Å². The van der Waals surface area contributed by atoms with Crippen LogP contribution >= 0.6 is 11.6 Å². The zero-order valence-electron chi connectivity index (χ0n) is 12.2. The van der Waals surface area contributed by atoms with Crippen LogP contribution in [-0.2, 0) is 17.7 Å². The van der Waals surface area contributed by atoms with Crippen molar-refractivity contribution < 1.29 is 9.84 Å². The van der Waals surface area contributed by atoms with Gasteiger partial charge >= 0.3 is 0 Å². The van der Waals surface area contributed by atoms with Crippen molar-refractivity contribution in [3.8, 4) is 0 Å². The average Bonchev–Trinajstić information content (AvgIpc) is 2.62. The van der Waals surface area contributed by atoms with E-state index < -0.39 is 5.60 Å². The van der Waals surface area contributed by atoms with Gasteiger partial charge in [0.1, 0.15) is 0 Å². The number of aliphatic hydroxyl groups is 1. The number of halogens is 1. The van der Waals surface area contributed by atoms with Crippen LogP contribution < -0.4 is 5.32 Å². The molecule has 0 bridgehead atoms. The van der Waals surface area contributed by atoms with Crippen molar-refractivity contribution in [1.29, 1.82) is 0 Å².